The van der Waals surface area contributed by atoms with Crippen LogP contribution in [0.15, 0.2) is 24.3 Å². The van der Waals surface area contributed by atoms with Crippen molar-refractivity contribution in [2.75, 3.05) is 7.11 Å². The molecule has 1 aromatic carbocycles. The molecule has 1 aliphatic rings. The molecule has 1 unspecified atom stereocenters. The number of benzene rings is 1. The van der Waals surface area contributed by atoms with E-state index in [0.29, 0.717) is 6.42 Å². The van der Waals surface area contributed by atoms with Gasteiger partial charge in [0.25, 0.3) is 0 Å². The SMILES string of the molecule is COC1(c2ccccc2C(C)CC=O)CC1. The van der Waals surface area contributed by atoms with Crippen molar-refractivity contribution in [3.8, 4) is 0 Å². The third-order valence-corrected chi connectivity index (χ3v) is 3.53. The van der Waals surface area contributed by atoms with Crippen molar-refractivity contribution in [1.82, 2.24) is 0 Å². The number of ether oxygens (including phenoxy) is 1. The lowest BCUT2D eigenvalue weighted by molar-refractivity contribution is -0.108. The van der Waals surface area contributed by atoms with Crippen LogP contribution in [0, 0.1) is 0 Å². The normalized spacial score (nSPS) is 19.1. The van der Waals surface area contributed by atoms with Crippen LogP contribution in [0.1, 0.15) is 43.2 Å². The number of hydrogen-bond donors (Lipinski definition) is 0. The van der Waals surface area contributed by atoms with E-state index in [1.54, 1.807) is 7.11 Å². The molecule has 2 rings (SSSR count). The van der Waals surface area contributed by atoms with Crippen molar-refractivity contribution in [2.45, 2.75) is 37.7 Å². The van der Waals surface area contributed by atoms with Gasteiger partial charge in [0.1, 0.15) is 6.29 Å². The van der Waals surface area contributed by atoms with E-state index >= 15 is 0 Å². The topological polar surface area (TPSA) is 26.3 Å². The predicted molar refractivity (Wildman–Crippen MR) is 63.5 cm³/mol. The molecule has 0 heterocycles. The summed E-state index contributed by atoms with van der Waals surface area (Å²) in [6.45, 7) is 2.10. The van der Waals surface area contributed by atoms with Crippen LogP contribution in [0.5, 0.6) is 0 Å². The van der Waals surface area contributed by atoms with Crippen molar-refractivity contribution >= 4 is 6.29 Å². The quantitative estimate of drug-likeness (QED) is 0.710. The van der Waals surface area contributed by atoms with Gasteiger partial charge in [-0.15, -0.1) is 0 Å². The minimum atomic E-state index is -0.0618. The molecule has 0 amide bonds. The second-order valence-corrected chi connectivity index (χ2v) is 4.59. The Morgan fingerprint density at radius 1 is 1.44 bits per heavy atom. The summed E-state index contributed by atoms with van der Waals surface area (Å²) in [6, 6.07) is 8.33. The van der Waals surface area contributed by atoms with E-state index in [-0.39, 0.29) is 11.5 Å². The fraction of sp³-hybridized carbons (Fsp3) is 0.500. The van der Waals surface area contributed by atoms with Gasteiger partial charge >= 0.3 is 0 Å². The van der Waals surface area contributed by atoms with E-state index in [1.165, 1.54) is 11.1 Å². The first-order valence-electron chi connectivity index (χ1n) is 5.82. The predicted octanol–water partition coefficient (Wildman–Crippen LogP) is 3.01. The molecule has 1 saturated carbocycles. The maximum absolute atomic E-state index is 10.6. The van der Waals surface area contributed by atoms with Gasteiger partial charge in [-0.05, 0) is 29.9 Å². The number of hydrogen-bond acceptors (Lipinski definition) is 2. The van der Waals surface area contributed by atoms with Gasteiger partial charge in [0.2, 0.25) is 0 Å². The van der Waals surface area contributed by atoms with Gasteiger partial charge in [-0.2, -0.15) is 0 Å². The molecule has 0 aliphatic heterocycles. The van der Waals surface area contributed by atoms with Crippen molar-refractivity contribution in [3.05, 3.63) is 35.4 Å². The number of aldehydes is 1. The van der Waals surface area contributed by atoms with Crippen LogP contribution in [0.4, 0.5) is 0 Å². The highest BCUT2D eigenvalue weighted by atomic mass is 16.5. The molecule has 1 aromatic rings. The first kappa shape index (κ1) is 11.3. The lowest BCUT2D eigenvalue weighted by atomic mass is 9.90. The lowest BCUT2D eigenvalue weighted by Crippen LogP contribution is -2.13. The van der Waals surface area contributed by atoms with Crippen molar-refractivity contribution in [1.29, 1.82) is 0 Å². The van der Waals surface area contributed by atoms with Crippen LogP contribution < -0.4 is 0 Å². The average molecular weight is 218 g/mol. The first-order chi connectivity index (χ1) is 7.73. The molecule has 0 aromatic heterocycles. The Kier molecular flexibility index (Phi) is 3.10. The Morgan fingerprint density at radius 3 is 2.69 bits per heavy atom. The zero-order valence-corrected chi connectivity index (χ0v) is 9.90. The molecular formula is C14H18O2. The highest BCUT2D eigenvalue weighted by Crippen LogP contribution is 2.50. The van der Waals surface area contributed by atoms with Crippen LogP contribution in [-0.2, 0) is 15.1 Å². The van der Waals surface area contributed by atoms with Crippen LogP contribution in [0.2, 0.25) is 0 Å². The summed E-state index contributed by atoms with van der Waals surface area (Å²) in [5, 5.41) is 0. The smallest absolute Gasteiger partial charge is 0.120 e. The van der Waals surface area contributed by atoms with E-state index in [0.717, 1.165) is 19.1 Å². The van der Waals surface area contributed by atoms with Gasteiger partial charge in [0.05, 0.1) is 5.60 Å². The second-order valence-electron chi connectivity index (χ2n) is 4.59. The third kappa shape index (κ3) is 1.90. The van der Waals surface area contributed by atoms with Crippen molar-refractivity contribution < 1.29 is 9.53 Å². The van der Waals surface area contributed by atoms with E-state index < -0.39 is 0 Å². The molecule has 86 valence electrons. The van der Waals surface area contributed by atoms with Crippen molar-refractivity contribution in [3.63, 3.8) is 0 Å². The van der Waals surface area contributed by atoms with E-state index in [2.05, 4.69) is 19.1 Å². The van der Waals surface area contributed by atoms with Crippen LogP contribution in [0.3, 0.4) is 0 Å². The third-order valence-electron chi connectivity index (χ3n) is 3.53. The van der Waals surface area contributed by atoms with E-state index in [9.17, 15) is 4.79 Å². The highest BCUT2D eigenvalue weighted by Gasteiger charge is 2.46. The number of carbonyl (C=O) groups excluding carboxylic acids is 1. The summed E-state index contributed by atoms with van der Waals surface area (Å²) in [6.07, 6.45) is 3.76. The highest BCUT2D eigenvalue weighted by molar-refractivity contribution is 5.52. The molecule has 2 nitrogen and oxygen atoms in total. The molecule has 1 atom stereocenters. The standard InChI is InChI=1S/C14H18O2/c1-11(7-10-15)12-5-3-4-6-13(12)14(16-2)8-9-14/h3-6,10-11H,7-9H2,1-2H3. The Bertz CT molecular complexity index is 380. The minimum absolute atomic E-state index is 0.0618. The lowest BCUT2D eigenvalue weighted by Gasteiger charge is -2.21. The zero-order chi connectivity index (χ0) is 11.6. The van der Waals surface area contributed by atoms with Gasteiger partial charge in [-0.3, -0.25) is 0 Å². The fourth-order valence-corrected chi connectivity index (χ4v) is 2.31. The maximum atomic E-state index is 10.6. The zero-order valence-electron chi connectivity index (χ0n) is 9.90. The second kappa shape index (κ2) is 4.38. The fourth-order valence-electron chi connectivity index (χ4n) is 2.31. The summed E-state index contributed by atoms with van der Waals surface area (Å²) in [5.74, 6) is 0.279. The summed E-state index contributed by atoms with van der Waals surface area (Å²) < 4.78 is 5.62. The summed E-state index contributed by atoms with van der Waals surface area (Å²) in [5.41, 5.74) is 2.47. The molecule has 0 bridgehead atoms. The molecule has 0 radical (unpaired) electrons. The maximum Gasteiger partial charge on any atom is 0.120 e. The molecule has 0 spiro atoms. The summed E-state index contributed by atoms with van der Waals surface area (Å²) in [4.78, 5) is 10.6. The summed E-state index contributed by atoms with van der Waals surface area (Å²) >= 11 is 0. The molecular weight excluding hydrogens is 200 g/mol. The van der Waals surface area contributed by atoms with Gasteiger partial charge < -0.3 is 9.53 Å². The van der Waals surface area contributed by atoms with Crippen molar-refractivity contribution in [2.24, 2.45) is 0 Å². The van der Waals surface area contributed by atoms with E-state index in [4.69, 9.17) is 4.74 Å². The Morgan fingerprint density at radius 2 is 2.12 bits per heavy atom. The minimum Gasteiger partial charge on any atom is -0.374 e. The molecule has 0 saturated heterocycles. The molecule has 1 aliphatic carbocycles. The number of methoxy groups -OCH3 is 1. The molecule has 1 fully saturated rings. The Labute approximate surface area is 96.6 Å². The van der Waals surface area contributed by atoms with Crippen LogP contribution in [-0.4, -0.2) is 13.4 Å². The molecule has 0 N–H and O–H groups in total. The summed E-state index contributed by atoms with van der Waals surface area (Å²) in [7, 11) is 1.77. The van der Waals surface area contributed by atoms with Gasteiger partial charge in [-0.1, -0.05) is 31.2 Å². The van der Waals surface area contributed by atoms with Gasteiger partial charge in [-0.25, -0.2) is 0 Å². The Hall–Kier alpha value is -1.15. The monoisotopic (exact) mass is 218 g/mol. The van der Waals surface area contributed by atoms with Gasteiger partial charge in [0, 0.05) is 13.5 Å². The molecule has 16 heavy (non-hydrogen) atoms. The van der Waals surface area contributed by atoms with E-state index in [1.807, 2.05) is 12.1 Å². The average Bonchev–Trinajstić information content (AvgIpc) is 3.10. The van der Waals surface area contributed by atoms with Gasteiger partial charge in [0.15, 0.2) is 0 Å². The first-order valence-corrected chi connectivity index (χ1v) is 5.82. The molecule has 2 heteroatoms. The number of carbonyl (C=O) groups is 1. The number of rotatable bonds is 5. The van der Waals surface area contributed by atoms with Crippen LogP contribution in [0.25, 0.3) is 0 Å². The van der Waals surface area contributed by atoms with Crippen LogP contribution >= 0.6 is 0 Å². The largest absolute Gasteiger partial charge is 0.374 e. The Balaban J connectivity index is 2.34.